The Balaban J connectivity index is 1.57. The minimum atomic E-state index is -0.743. The molecule has 3 aromatic carbocycles. The predicted octanol–water partition coefficient (Wildman–Crippen LogP) is 4.70. The molecule has 47 heavy (non-hydrogen) atoms. The van der Waals surface area contributed by atoms with Gasteiger partial charge in [0.25, 0.3) is 0 Å². The zero-order valence-corrected chi connectivity index (χ0v) is 27.4. The summed E-state index contributed by atoms with van der Waals surface area (Å²) < 4.78 is 17.2. The lowest BCUT2D eigenvalue weighted by molar-refractivity contribution is -0.120. The maximum absolute atomic E-state index is 13.9. The van der Waals surface area contributed by atoms with Crippen LogP contribution in [0.15, 0.2) is 47.3 Å². The molecule has 0 spiro atoms. The molecule has 0 saturated heterocycles. The van der Waals surface area contributed by atoms with Gasteiger partial charge >= 0.3 is 0 Å². The molecule has 12 nitrogen and oxygen atoms in total. The summed E-state index contributed by atoms with van der Waals surface area (Å²) in [4.78, 5) is 47.2. The van der Waals surface area contributed by atoms with Crippen molar-refractivity contribution in [3.63, 3.8) is 0 Å². The number of aromatic nitrogens is 2. The van der Waals surface area contributed by atoms with Crippen molar-refractivity contribution in [1.82, 2.24) is 15.3 Å². The number of benzene rings is 2. The molecule has 0 aliphatic heterocycles. The van der Waals surface area contributed by atoms with Crippen LogP contribution < -0.4 is 35.6 Å². The van der Waals surface area contributed by atoms with Crippen LogP contribution in [0, 0.1) is 5.92 Å². The number of amides is 2. The van der Waals surface area contributed by atoms with E-state index < -0.39 is 12.1 Å². The molecule has 0 bridgehead atoms. The van der Waals surface area contributed by atoms with Gasteiger partial charge in [-0.2, -0.15) is 0 Å². The van der Waals surface area contributed by atoms with Gasteiger partial charge in [-0.1, -0.05) is 19.9 Å². The number of carbonyl (C=O) groups excluding carboxylic acids is 2. The number of nitrogens with one attached hydrogen (secondary N) is 4. The van der Waals surface area contributed by atoms with Gasteiger partial charge in [0, 0.05) is 18.2 Å². The average Bonchev–Trinajstić information content (AvgIpc) is 3.32. The Morgan fingerprint density at radius 1 is 1.04 bits per heavy atom. The first kappa shape index (κ1) is 33.3. The number of ether oxygens (including phenoxy) is 3. The van der Waals surface area contributed by atoms with Gasteiger partial charge in [0.15, 0.2) is 11.5 Å². The second-order valence-corrected chi connectivity index (χ2v) is 12.0. The van der Waals surface area contributed by atoms with Crippen molar-refractivity contribution >= 4 is 34.2 Å². The monoisotopic (exact) mass is 643 g/mol. The van der Waals surface area contributed by atoms with Gasteiger partial charge in [0.1, 0.15) is 18.5 Å². The zero-order chi connectivity index (χ0) is 33.8. The van der Waals surface area contributed by atoms with Crippen LogP contribution in [0.25, 0.3) is 22.2 Å². The number of rotatable bonds is 11. The SMILES string of the molecule is COc1cc2c(c(OC)c1OC)-c1ccc(N[C@H](CC(C)C)C(=O)Nc3ccc4nc(CO)[nH]c4c3)c(=O)cc1[C@H](NC(C)=O)CC2. The molecule has 0 radical (unpaired) electrons. The summed E-state index contributed by atoms with van der Waals surface area (Å²) in [6.45, 7) is 5.23. The van der Waals surface area contributed by atoms with E-state index in [4.69, 9.17) is 14.2 Å². The van der Waals surface area contributed by atoms with Crippen LogP contribution in [0.4, 0.5) is 11.4 Å². The topological polar surface area (TPSA) is 164 Å². The van der Waals surface area contributed by atoms with Crippen LogP contribution in [0.1, 0.15) is 56.6 Å². The number of H-pyrrole nitrogens is 1. The fraction of sp³-hybridized carbons (Fsp3) is 0.371. The second kappa shape index (κ2) is 14.1. The summed E-state index contributed by atoms with van der Waals surface area (Å²) >= 11 is 0. The number of aliphatic hydroxyl groups excluding tert-OH is 1. The number of methoxy groups -OCH3 is 3. The van der Waals surface area contributed by atoms with Crippen molar-refractivity contribution in [1.29, 1.82) is 0 Å². The van der Waals surface area contributed by atoms with Crippen molar-refractivity contribution in [2.24, 2.45) is 5.92 Å². The molecule has 0 unspecified atom stereocenters. The lowest BCUT2D eigenvalue weighted by atomic mass is 9.95. The quantitative estimate of drug-likeness (QED) is 0.156. The molecule has 2 amide bonds. The van der Waals surface area contributed by atoms with Gasteiger partial charge in [-0.25, -0.2) is 4.98 Å². The second-order valence-electron chi connectivity index (χ2n) is 12.0. The normalized spacial score (nSPS) is 14.4. The number of aromatic amines is 1. The van der Waals surface area contributed by atoms with E-state index in [0.717, 1.165) is 11.1 Å². The van der Waals surface area contributed by atoms with E-state index in [1.54, 1.807) is 38.5 Å². The maximum Gasteiger partial charge on any atom is 0.246 e. The maximum atomic E-state index is 13.9. The third kappa shape index (κ3) is 7.02. The first-order valence-corrected chi connectivity index (χ1v) is 15.5. The molecule has 1 aromatic heterocycles. The fourth-order valence-electron chi connectivity index (χ4n) is 6.16. The smallest absolute Gasteiger partial charge is 0.246 e. The minimum Gasteiger partial charge on any atom is -0.493 e. The van der Waals surface area contributed by atoms with Crippen molar-refractivity contribution in [2.45, 2.75) is 58.7 Å². The van der Waals surface area contributed by atoms with Gasteiger partial charge in [0.2, 0.25) is 23.0 Å². The van der Waals surface area contributed by atoms with Crippen LogP contribution in [0.2, 0.25) is 0 Å². The number of imidazole rings is 1. The Morgan fingerprint density at radius 3 is 2.47 bits per heavy atom. The van der Waals surface area contributed by atoms with E-state index in [2.05, 4.69) is 25.9 Å². The molecule has 5 rings (SSSR count). The van der Waals surface area contributed by atoms with E-state index in [-0.39, 0.29) is 35.5 Å². The third-order valence-electron chi connectivity index (χ3n) is 8.22. The summed E-state index contributed by atoms with van der Waals surface area (Å²) in [6, 6.07) is 11.0. The molecular weight excluding hydrogens is 602 g/mol. The van der Waals surface area contributed by atoms with Crippen LogP contribution in [-0.2, 0) is 22.6 Å². The molecule has 1 heterocycles. The fourth-order valence-corrected chi connectivity index (χ4v) is 6.16. The van der Waals surface area contributed by atoms with E-state index >= 15 is 0 Å². The average molecular weight is 644 g/mol. The zero-order valence-electron chi connectivity index (χ0n) is 27.4. The van der Waals surface area contributed by atoms with Crippen molar-refractivity contribution in [3.05, 3.63) is 69.6 Å². The number of hydrogen-bond acceptors (Lipinski definition) is 9. The highest BCUT2D eigenvalue weighted by Gasteiger charge is 2.30. The first-order valence-electron chi connectivity index (χ1n) is 15.5. The van der Waals surface area contributed by atoms with E-state index in [9.17, 15) is 19.5 Å². The summed E-state index contributed by atoms with van der Waals surface area (Å²) in [5.74, 6) is 1.41. The molecule has 12 heteroatoms. The highest BCUT2D eigenvalue weighted by atomic mass is 16.5. The van der Waals surface area contributed by atoms with E-state index in [1.807, 2.05) is 26.0 Å². The first-order chi connectivity index (χ1) is 22.6. The highest BCUT2D eigenvalue weighted by Crippen LogP contribution is 2.50. The molecule has 0 saturated carbocycles. The number of anilines is 2. The van der Waals surface area contributed by atoms with E-state index in [1.165, 1.54) is 20.1 Å². The van der Waals surface area contributed by atoms with Gasteiger partial charge in [-0.3, -0.25) is 14.4 Å². The van der Waals surface area contributed by atoms with Gasteiger partial charge in [-0.05, 0) is 78.3 Å². The standard InChI is InChI=1S/C35H41N5O7/c1-18(2)13-28(35(44)37-21-8-11-25-27(15-21)40-31(17-41)39-25)38-26-12-9-22-23(16-29(26)43)24(36-19(3)42)10-7-20-14-30(45-4)33(46-5)34(47-6)32(20)22/h8-9,11-12,14-16,18,24,28,41H,7,10,13,17H2,1-6H3,(H,36,42)(H,37,44)(H,38,43)(H,39,40)/t24-,28-/m1/s1. The lowest BCUT2D eigenvalue weighted by Crippen LogP contribution is -2.37. The predicted molar refractivity (Wildman–Crippen MR) is 180 cm³/mol. The van der Waals surface area contributed by atoms with Gasteiger partial charge in [0.05, 0.1) is 44.1 Å². The summed E-state index contributed by atoms with van der Waals surface area (Å²) in [7, 11) is 4.64. The van der Waals surface area contributed by atoms with Crippen molar-refractivity contribution < 1.29 is 28.9 Å². The number of hydrogen-bond donors (Lipinski definition) is 5. The largest absolute Gasteiger partial charge is 0.493 e. The van der Waals surface area contributed by atoms with Crippen LogP contribution in [0.5, 0.6) is 17.2 Å². The Morgan fingerprint density at radius 2 is 1.81 bits per heavy atom. The van der Waals surface area contributed by atoms with Crippen LogP contribution >= 0.6 is 0 Å². The Kier molecular flexibility index (Phi) is 10.00. The highest BCUT2D eigenvalue weighted by molar-refractivity contribution is 5.98. The lowest BCUT2D eigenvalue weighted by Gasteiger charge is -2.20. The Bertz CT molecular complexity index is 1870. The molecule has 1 aliphatic rings. The van der Waals surface area contributed by atoms with Crippen molar-refractivity contribution in [2.75, 3.05) is 32.0 Å². The number of aryl methyl sites for hydroxylation is 1. The summed E-state index contributed by atoms with van der Waals surface area (Å²) in [5, 5.41) is 18.6. The Labute approximate surface area is 272 Å². The number of aliphatic hydroxyl groups is 1. The molecule has 4 aromatic rings. The third-order valence-corrected chi connectivity index (χ3v) is 8.22. The number of carbonyl (C=O) groups is 2. The van der Waals surface area contributed by atoms with Crippen LogP contribution in [-0.4, -0.2) is 54.3 Å². The minimum absolute atomic E-state index is 0.132. The Hall–Kier alpha value is -5.10. The molecule has 0 fully saturated rings. The van der Waals surface area contributed by atoms with E-state index in [0.29, 0.717) is 70.2 Å². The number of fused-ring (bicyclic) bond motifs is 4. The summed E-state index contributed by atoms with van der Waals surface area (Å²) in [5.41, 5.74) is 4.77. The summed E-state index contributed by atoms with van der Waals surface area (Å²) in [6.07, 6.45) is 1.56. The molecule has 2 atom stereocenters. The molecule has 5 N–H and O–H groups in total. The molecule has 248 valence electrons. The molecule has 1 aliphatic carbocycles. The van der Waals surface area contributed by atoms with Crippen LogP contribution in [0.3, 0.4) is 0 Å². The number of nitrogens with zero attached hydrogens (tertiary/aromatic N) is 1. The molecular formula is C35H41N5O7. The van der Waals surface area contributed by atoms with Gasteiger partial charge in [-0.15, -0.1) is 0 Å². The van der Waals surface area contributed by atoms with Crippen molar-refractivity contribution in [3.8, 4) is 28.4 Å². The van der Waals surface area contributed by atoms with Gasteiger partial charge < -0.3 is 40.3 Å².